The highest BCUT2D eigenvalue weighted by Gasteiger charge is 2.39. The largest absolute Gasteiger partial charge is 0.338 e. The molecule has 2 fully saturated rings. The zero-order chi connectivity index (χ0) is 14.7. The Morgan fingerprint density at radius 1 is 1.14 bits per heavy atom. The number of benzene rings is 1. The highest BCUT2D eigenvalue weighted by Crippen LogP contribution is 2.30. The molecule has 0 aromatic heterocycles. The van der Waals surface area contributed by atoms with Crippen LogP contribution in [-0.4, -0.2) is 47.5 Å². The van der Waals surface area contributed by atoms with Crippen molar-refractivity contribution in [3.8, 4) is 0 Å². The number of nitrogens with zero attached hydrogens (tertiary/aromatic N) is 2. The zero-order valence-corrected chi connectivity index (χ0v) is 12.8. The summed E-state index contributed by atoms with van der Waals surface area (Å²) in [6.07, 6.45) is 3.19. The number of rotatable bonds is 3. The number of piperidine rings is 1. The van der Waals surface area contributed by atoms with E-state index in [0.29, 0.717) is 0 Å². The topological polar surface area (TPSA) is 35.6 Å². The summed E-state index contributed by atoms with van der Waals surface area (Å²) in [5, 5.41) is 2.98. The highest BCUT2D eigenvalue weighted by atomic mass is 16.2. The van der Waals surface area contributed by atoms with Crippen LogP contribution >= 0.6 is 0 Å². The van der Waals surface area contributed by atoms with Gasteiger partial charge in [-0.15, -0.1) is 0 Å². The minimum absolute atomic E-state index is 0.0255. The summed E-state index contributed by atoms with van der Waals surface area (Å²) in [4.78, 5) is 16.6. The lowest BCUT2D eigenvalue weighted by atomic mass is 9.87. The molecule has 2 aliphatic rings. The molecule has 0 bridgehead atoms. The van der Waals surface area contributed by atoms with Gasteiger partial charge in [0.1, 0.15) is 0 Å². The molecular weight excluding hydrogens is 262 g/mol. The van der Waals surface area contributed by atoms with Gasteiger partial charge in [0.05, 0.1) is 0 Å². The van der Waals surface area contributed by atoms with Gasteiger partial charge in [0.15, 0.2) is 0 Å². The summed E-state index contributed by atoms with van der Waals surface area (Å²) in [5.41, 5.74) is 1.40. The third-order valence-corrected chi connectivity index (χ3v) is 4.91. The summed E-state index contributed by atoms with van der Waals surface area (Å²) in [5.74, 6) is 0. The van der Waals surface area contributed by atoms with Crippen LogP contribution in [0.4, 0.5) is 4.79 Å². The van der Waals surface area contributed by atoms with Crippen LogP contribution in [0.2, 0.25) is 0 Å². The molecule has 1 aromatic rings. The van der Waals surface area contributed by atoms with Crippen LogP contribution in [0, 0.1) is 0 Å². The average Bonchev–Trinajstić information content (AvgIpc) is 2.51. The van der Waals surface area contributed by atoms with E-state index in [-0.39, 0.29) is 11.6 Å². The SMILES string of the molecule is CC1(N2CCCNC2=O)CCN(Cc2ccccc2)CC1. The Hall–Kier alpha value is -1.55. The van der Waals surface area contributed by atoms with Gasteiger partial charge in [-0.05, 0) is 31.7 Å². The van der Waals surface area contributed by atoms with Gasteiger partial charge >= 0.3 is 6.03 Å². The van der Waals surface area contributed by atoms with Gasteiger partial charge < -0.3 is 10.2 Å². The van der Waals surface area contributed by atoms with Crippen molar-refractivity contribution in [3.63, 3.8) is 0 Å². The van der Waals surface area contributed by atoms with E-state index in [1.807, 2.05) is 0 Å². The van der Waals surface area contributed by atoms with Crippen LogP contribution in [0.15, 0.2) is 30.3 Å². The van der Waals surface area contributed by atoms with Crippen molar-refractivity contribution in [3.05, 3.63) is 35.9 Å². The fourth-order valence-corrected chi connectivity index (χ4v) is 3.45. The smallest absolute Gasteiger partial charge is 0.317 e. The van der Waals surface area contributed by atoms with E-state index in [0.717, 1.165) is 52.0 Å². The van der Waals surface area contributed by atoms with E-state index < -0.39 is 0 Å². The summed E-state index contributed by atoms with van der Waals surface area (Å²) >= 11 is 0. The van der Waals surface area contributed by atoms with E-state index in [1.165, 1.54) is 5.56 Å². The van der Waals surface area contributed by atoms with E-state index >= 15 is 0 Å². The summed E-state index contributed by atoms with van der Waals surface area (Å²) in [6.45, 7) is 7.12. The van der Waals surface area contributed by atoms with Crippen molar-refractivity contribution in [2.24, 2.45) is 0 Å². The first kappa shape index (κ1) is 14.4. The van der Waals surface area contributed by atoms with Crippen LogP contribution in [0.3, 0.4) is 0 Å². The fourth-order valence-electron chi connectivity index (χ4n) is 3.45. The molecule has 4 heteroatoms. The zero-order valence-electron chi connectivity index (χ0n) is 12.8. The molecule has 0 aliphatic carbocycles. The molecule has 0 spiro atoms. The summed E-state index contributed by atoms with van der Waals surface area (Å²) in [7, 11) is 0. The molecular formula is C17H25N3O. The molecule has 114 valence electrons. The molecule has 1 aromatic carbocycles. The first-order valence-electron chi connectivity index (χ1n) is 7.99. The van der Waals surface area contributed by atoms with Crippen LogP contribution in [0.1, 0.15) is 31.7 Å². The Balaban J connectivity index is 1.58. The average molecular weight is 287 g/mol. The van der Waals surface area contributed by atoms with Gasteiger partial charge in [0, 0.05) is 38.3 Å². The lowest BCUT2D eigenvalue weighted by molar-refractivity contribution is 0.0481. The van der Waals surface area contributed by atoms with Crippen molar-refractivity contribution >= 4 is 6.03 Å². The van der Waals surface area contributed by atoms with Crippen molar-refractivity contribution in [2.75, 3.05) is 26.2 Å². The second-order valence-electron chi connectivity index (χ2n) is 6.50. The molecule has 2 saturated heterocycles. The Morgan fingerprint density at radius 2 is 1.86 bits per heavy atom. The lowest BCUT2D eigenvalue weighted by Crippen LogP contribution is -2.60. The molecule has 2 aliphatic heterocycles. The minimum Gasteiger partial charge on any atom is -0.338 e. The molecule has 2 heterocycles. The van der Waals surface area contributed by atoms with Gasteiger partial charge in [-0.3, -0.25) is 4.90 Å². The third kappa shape index (κ3) is 3.21. The summed E-state index contributed by atoms with van der Waals surface area (Å²) in [6, 6.07) is 10.8. The van der Waals surface area contributed by atoms with E-state index in [2.05, 4.69) is 52.4 Å². The maximum Gasteiger partial charge on any atom is 0.317 e. The third-order valence-electron chi connectivity index (χ3n) is 4.91. The predicted molar refractivity (Wildman–Crippen MR) is 84.1 cm³/mol. The first-order valence-corrected chi connectivity index (χ1v) is 7.99. The molecule has 21 heavy (non-hydrogen) atoms. The summed E-state index contributed by atoms with van der Waals surface area (Å²) < 4.78 is 0. The quantitative estimate of drug-likeness (QED) is 0.927. The van der Waals surface area contributed by atoms with Crippen LogP contribution < -0.4 is 5.32 Å². The number of amides is 2. The van der Waals surface area contributed by atoms with Crippen LogP contribution in [-0.2, 0) is 6.54 Å². The van der Waals surface area contributed by atoms with Gasteiger partial charge in [0.25, 0.3) is 0 Å². The van der Waals surface area contributed by atoms with Crippen molar-refractivity contribution < 1.29 is 4.79 Å². The number of carbonyl (C=O) groups excluding carboxylic acids is 1. The maximum absolute atomic E-state index is 12.1. The molecule has 3 rings (SSSR count). The number of likely N-dealkylation sites (tertiary alicyclic amines) is 1. The molecule has 0 saturated carbocycles. The van der Waals surface area contributed by atoms with Gasteiger partial charge in [0.2, 0.25) is 0 Å². The Labute approximate surface area is 127 Å². The normalized spacial score (nSPS) is 22.9. The molecule has 1 N–H and O–H groups in total. The van der Waals surface area contributed by atoms with Gasteiger partial charge in [-0.1, -0.05) is 30.3 Å². The predicted octanol–water partition coefficient (Wildman–Crippen LogP) is 2.46. The van der Waals surface area contributed by atoms with E-state index in [4.69, 9.17) is 0 Å². The maximum atomic E-state index is 12.1. The van der Waals surface area contributed by atoms with Crippen LogP contribution in [0.25, 0.3) is 0 Å². The standard InChI is InChI=1S/C17H25N3O/c1-17(20-11-5-10-18-16(20)21)8-12-19(13-9-17)14-15-6-3-2-4-7-15/h2-4,6-7H,5,8-14H2,1H3,(H,18,21). The second-order valence-corrected chi connectivity index (χ2v) is 6.50. The molecule has 0 radical (unpaired) electrons. The lowest BCUT2D eigenvalue weighted by Gasteiger charge is -2.48. The van der Waals surface area contributed by atoms with Crippen LogP contribution in [0.5, 0.6) is 0 Å². The molecule has 0 atom stereocenters. The number of carbonyl (C=O) groups is 1. The fraction of sp³-hybridized carbons (Fsp3) is 0.588. The van der Waals surface area contributed by atoms with Crippen molar-refractivity contribution in [1.82, 2.24) is 15.1 Å². The Morgan fingerprint density at radius 3 is 2.52 bits per heavy atom. The molecule has 4 nitrogen and oxygen atoms in total. The molecule has 2 amide bonds. The number of hydrogen-bond acceptors (Lipinski definition) is 2. The Bertz CT molecular complexity index is 480. The van der Waals surface area contributed by atoms with Crippen molar-refractivity contribution in [2.45, 2.75) is 38.3 Å². The van der Waals surface area contributed by atoms with E-state index in [9.17, 15) is 4.79 Å². The molecule has 0 unspecified atom stereocenters. The van der Waals surface area contributed by atoms with Gasteiger partial charge in [-0.2, -0.15) is 0 Å². The first-order chi connectivity index (χ1) is 10.2. The Kier molecular flexibility index (Phi) is 4.15. The van der Waals surface area contributed by atoms with E-state index in [1.54, 1.807) is 0 Å². The van der Waals surface area contributed by atoms with Gasteiger partial charge in [-0.25, -0.2) is 4.79 Å². The highest BCUT2D eigenvalue weighted by molar-refractivity contribution is 5.75. The number of hydrogen-bond donors (Lipinski definition) is 1. The monoisotopic (exact) mass is 287 g/mol. The number of urea groups is 1. The number of nitrogens with one attached hydrogen (secondary N) is 1. The van der Waals surface area contributed by atoms with Crippen molar-refractivity contribution in [1.29, 1.82) is 0 Å². The minimum atomic E-state index is 0.0255. The second kappa shape index (κ2) is 6.06.